The molecule has 0 fully saturated rings. The van der Waals surface area contributed by atoms with Crippen LogP contribution in [0.3, 0.4) is 0 Å². The van der Waals surface area contributed by atoms with Gasteiger partial charge in [-0.25, -0.2) is 4.98 Å². The molecular weight excluding hydrogens is 276 g/mol. The zero-order valence-corrected chi connectivity index (χ0v) is 12.9. The van der Waals surface area contributed by atoms with Gasteiger partial charge in [0.1, 0.15) is 6.26 Å². The maximum Gasteiger partial charge on any atom is 0.226 e. The Bertz CT molecular complexity index is 717. The fourth-order valence-corrected chi connectivity index (χ4v) is 2.29. The molecule has 5 nitrogen and oxygen atoms in total. The van der Waals surface area contributed by atoms with Crippen molar-refractivity contribution in [2.45, 2.75) is 33.0 Å². The van der Waals surface area contributed by atoms with E-state index in [0.717, 1.165) is 17.8 Å². The van der Waals surface area contributed by atoms with Crippen molar-refractivity contribution in [1.82, 2.24) is 20.1 Å². The molecule has 0 aliphatic heterocycles. The van der Waals surface area contributed by atoms with Crippen molar-refractivity contribution in [1.29, 1.82) is 0 Å². The van der Waals surface area contributed by atoms with Crippen LogP contribution in [0.5, 0.6) is 0 Å². The van der Waals surface area contributed by atoms with Gasteiger partial charge in [-0.2, -0.15) is 5.10 Å². The van der Waals surface area contributed by atoms with E-state index in [4.69, 9.17) is 4.42 Å². The highest BCUT2D eigenvalue weighted by Crippen LogP contribution is 2.17. The van der Waals surface area contributed by atoms with E-state index < -0.39 is 0 Å². The summed E-state index contributed by atoms with van der Waals surface area (Å²) in [6.45, 7) is 5.69. The van der Waals surface area contributed by atoms with Gasteiger partial charge in [0, 0.05) is 24.3 Å². The molecule has 3 rings (SSSR count). The average Bonchev–Trinajstić information content (AvgIpc) is 3.15. The molecule has 2 heterocycles. The Morgan fingerprint density at radius 2 is 2.09 bits per heavy atom. The molecule has 0 saturated carbocycles. The SMILES string of the molecule is Cc1cnn(CC(C)NCc2coc(-c3ccccc3)n2)c1. The lowest BCUT2D eigenvalue weighted by molar-refractivity contribution is 0.448. The van der Waals surface area contributed by atoms with E-state index >= 15 is 0 Å². The molecule has 0 aliphatic rings. The number of nitrogens with one attached hydrogen (secondary N) is 1. The van der Waals surface area contributed by atoms with E-state index in [1.54, 1.807) is 6.26 Å². The highest BCUT2D eigenvalue weighted by atomic mass is 16.3. The topological polar surface area (TPSA) is 55.9 Å². The third kappa shape index (κ3) is 3.62. The smallest absolute Gasteiger partial charge is 0.226 e. The number of aryl methyl sites for hydroxylation is 1. The number of nitrogens with zero attached hydrogens (tertiary/aromatic N) is 3. The predicted octanol–water partition coefficient (Wildman–Crippen LogP) is 3.02. The van der Waals surface area contributed by atoms with Gasteiger partial charge in [-0.05, 0) is 31.5 Å². The first-order valence-corrected chi connectivity index (χ1v) is 7.43. The molecule has 5 heteroatoms. The molecule has 3 aromatic rings. The first-order valence-electron chi connectivity index (χ1n) is 7.43. The fourth-order valence-electron chi connectivity index (χ4n) is 2.29. The van der Waals surface area contributed by atoms with Gasteiger partial charge in [0.2, 0.25) is 5.89 Å². The number of oxazole rings is 1. The van der Waals surface area contributed by atoms with E-state index in [1.807, 2.05) is 54.3 Å². The Labute approximate surface area is 130 Å². The fraction of sp³-hybridized carbons (Fsp3) is 0.294. The van der Waals surface area contributed by atoms with Crippen LogP contribution in [-0.4, -0.2) is 20.8 Å². The summed E-state index contributed by atoms with van der Waals surface area (Å²) in [4.78, 5) is 4.51. The zero-order valence-electron chi connectivity index (χ0n) is 12.9. The lowest BCUT2D eigenvalue weighted by Crippen LogP contribution is -2.30. The maximum atomic E-state index is 5.54. The zero-order chi connectivity index (χ0) is 15.4. The Balaban J connectivity index is 1.54. The molecule has 1 unspecified atom stereocenters. The van der Waals surface area contributed by atoms with Crippen LogP contribution >= 0.6 is 0 Å². The second-order valence-electron chi connectivity index (χ2n) is 5.53. The molecule has 1 atom stereocenters. The largest absolute Gasteiger partial charge is 0.444 e. The van der Waals surface area contributed by atoms with Crippen molar-refractivity contribution < 1.29 is 4.42 Å². The van der Waals surface area contributed by atoms with Crippen LogP contribution in [0.15, 0.2) is 53.4 Å². The minimum Gasteiger partial charge on any atom is -0.444 e. The molecule has 0 saturated heterocycles. The molecule has 0 radical (unpaired) electrons. The van der Waals surface area contributed by atoms with Gasteiger partial charge in [0.15, 0.2) is 0 Å². The second-order valence-corrected chi connectivity index (χ2v) is 5.53. The van der Waals surface area contributed by atoms with Gasteiger partial charge in [-0.3, -0.25) is 4.68 Å². The second kappa shape index (κ2) is 6.58. The van der Waals surface area contributed by atoms with Crippen LogP contribution in [0.2, 0.25) is 0 Å². The number of aromatic nitrogens is 3. The molecule has 0 spiro atoms. The molecule has 0 bridgehead atoms. The summed E-state index contributed by atoms with van der Waals surface area (Å²) in [6.07, 6.45) is 5.62. The van der Waals surface area contributed by atoms with Gasteiger partial charge in [0.25, 0.3) is 0 Å². The summed E-state index contributed by atoms with van der Waals surface area (Å²) < 4.78 is 7.49. The molecule has 114 valence electrons. The lowest BCUT2D eigenvalue weighted by Gasteiger charge is -2.12. The van der Waals surface area contributed by atoms with Crippen LogP contribution in [-0.2, 0) is 13.1 Å². The van der Waals surface area contributed by atoms with Gasteiger partial charge < -0.3 is 9.73 Å². The summed E-state index contributed by atoms with van der Waals surface area (Å²) in [5.74, 6) is 0.660. The van der Waals surface area contributed by atoms with Crippen molar-refractivity contribution in [2.24, 2.45) is 0 Å². The Kier molecular flexibility index (Phi) is 4.34. The van der Waals surface area contributed by atoms with Gasteiger partial charge in [0.05, 0.1) is 18.4 Å². The third-order valence-electron chi connectivity index (χ3n) is 3.43. The van der Waals surface area contributed by atoms with Crippen LogP contribution in [0.1, 0.15) is 18.2 Å². The van der Waals surface area contributed by atoms with Crippen molar-refractivity contribution in [2.75, 3.05) is 0 Å². The van der Waals surface area contributed by atoms with Crippen molar-refractivity contribution >= 4 is 0 Å². The highest BCUT2D eigenvalue weighted by Gasteiger charge is 2.08. The van der Waals surface area contributed by atoms with Crippen molar-refractivity contribution in [3.05, 3.63) is 60.2 Å². The monoisotopic (exact) mass is 296 g/mol. The van der Waals surface area contributed by atoms with Crippen LogP contribution in [0.4, 0.5) is 0 Å². The number of hydrogen-bond acceptors (Lipinski definition) is 4. The first kappa shape index (κ1) is 14.5. The minimum atomic E-state index is 0.302. The Morgan fingerprint density at radius 1 is 1.27 bits per heavy atom. The number of hydrogen-bond donors (Lipinski definition) is 1. The molecule has 1 aromatic carbocycles. The number of benzene rings is 1. The predicted molar refractivity (Wildman–Crippen MR) is 85.2 cm³/mol. The summed E-state index contributed by atoms with van der Waals surface area (Å²) in [6, 6.07) is 10.2. The molecule has 2 aromatic heterocycles. The standard InChI is InChI=1S/C17H20N4O/c1-13-8-19-21(10-13)11-14(2)18-9-16-12-22-17(20-16)15-6-4-3-5-7-15/h3-8,10,12,14,18H,9,11H2,1-2H3. The summed E-state index contributed by atoms with van der Waals surface area (Å²) in [5, 5.41) is 7.74. The quantitative estimate of drug-likeness (QED) is 0.759. The van der Waals surface area contributed by atoms with E-state index in [1.165, 1.54) is 5.56 Å². The third-order valence-corrected chi connectivity index (χ3v) is 3.43. The van der Waals surface area contributed by atoms with Crippen LogP contribution < -0.4 is 5.32 Å². The molecule has 1 N–H and O–H groups in total. The van der Waals surface area contributed by atoms with E-state index in [-0.39, 0.29) is 0 Å². The lowest BCUT2D eigenvalue weighted by atomic mass is 10.2. The van der Waals surface area contributed by atoms with E-state index in [2.05, 4.69) is 22.3 Å². The highest BCUT2D eigenvalue weighted by molar-refractivity contribution is 5.52. The Hall–Kier alpha value is -2.40. The summed E-state index contributed by atoms with van der Waals surface area (Å²) >= 11 is 0. The summed E-state index contributed by atoms with van der Waals surface area (Å²) in [5.41, 5.74) is 3.08. The van der Waals surface area contributed by atoms with Gasteiger partial charge in [-0.15, -0.1) is 0 Å². The van der Waals surface area contributed by atoms with Crippen LogP contribution in [0.25, 0.3) is 11.5 Å². The average molecular weight is 296 g/mol. The maximum absolute atomic E-state index is 5.54. The van der Waals surface area contributed by atoms with Crippen LogP contribution in [0, 0.1) is 6.92 Å². The summed E-state index contributed by atoms with van der Waals surface area (Å²) in [7, 11) is 0. The molecule has 22 heavy (non-hydrogen) atoms. The van der Waals surface area contributed by atoms with Crippen molar-refractivity contribution in [3.8, 4) is 11.5 Å². The van der Waals surface area contributed by atoms with Gasteiger partial charge >= 0.3 is 0 Å². The minimum absolute atomic E-state index is 0.302. The normalized spacial score (nSPS) is 12.5. The van der Waals surface area contributed by atoms with Gasteiger partial charge in [-0.1, -0.05) is 18.2 Å². The molecular formula is C17H20N4O. The first-order chi connectivity index (χ1) is 10.7. The van der Waals surface area contributed by atoms with E-state index in [0.29, 0.717) is 18.5 Å². The van der Waals surface area contributed by atoms with Crippen molar-refractivity contribution in [3.63, 3.8) is 0 Å². The Morgan fingerprint density at radius 3 is 2.82 bits per heavy atom. The molecule has 0 aliphatic carbocycles. The van der Waals surface area contributed by atoms with E-state index in [9.17, 15) is 0 Å². The molecule has 0 amide bonds. The number of rotatable bonds is 6.